The molecular weight excluding hydrogens is 344 g/mol. The van der Waals surface area contributed by atoms with E-state index < -0.39 is 26.7 Å². The van der Waals surface area contributed by atoms with Crippen LogP contribution in [0.3, 0.4) is 0 Å². The number of hydrogen-bond donors (Lipinski definition) is 2. The summed E-state index contributed by atoms with van der Waals surface area (Å²) in [6.07, 6.45) is 2.34. The fourth-order valence-corrected chi connectivity index (χ4v) is 6.38. The van der Waals surface area contributed by atoms with E-state index in [4.69, 9.17) is 5.11 Å². The van der Waals surface area contributed by atoms with E-state index in [0.717, 1.165) is 19.4 Å². The third-order valence-corrected chi connectivity index (χ3v) is 7.71. The molecule has 0 saturated carbocycles. The van der Waals surface area contributed by atoms with E-state index in [1.54, 1.807) is 19.0 Å². The van der Waals surface area contributed by atoms with Crippen molar-refractivity contribution in [1.29, 1.82) is 0 Å². The molecule has 1 amide bonds. The minimum atomic E-state index is -3.52. The number of hydrogen-bond acceptors (Lipinski definition) is 6. The standard InChI is InChI=1S/C16H30N4O4S/c1-4-14(18(2)3)25(23,24)15(13-6-5-7-17-12-13)19-8-10-20(11-9-19)16(21)22/h4,13-15,17H,1,5-12H2,2-3H3,(H,21,22). The van der Waals surface area contributed by atoms with E-state index in [2.05, 4.69) is 11.9 Å². The number of amides is 1. The fourth-order valence-electron chi connectivity index (χ4n) is 3.85. The first kappa shape index (κ1) is 20.2. The van der Waals surface area contributed by atoms with E-state index in [1.807, 2.05) is 4.90 Å². The number of likely N-dealkylation sites (N-methyl/N-ethyl adjacent to an activating group) is 1. The minimum absolute atomic E-state index is 0.00229. The van der Waals surface area contributed by atoms with Gasteiger partial charge in [0.15, 0.2) is 9.84 Å². The monoisotopic (exact) mass is 374 g/mol. The molecule has 3 atom stereocenters. The second-order valence-electron chi connectivity index (χ2n) is 6.98. The highest BCUT2D eigenvalue weighted by atomic mass is 32.2. The Morgan fingerprint density at radius 2 is 1.96 bits per heavy atom. The second-order valence-corrected chi connectivity index (χ2v) is 9.13. The summed E-state index contributed by atoms with van der Waals surface area (Å²) in [4.78, 5) is 16.1. The third-order valence-electron chi connectivity index (χ3n) is 5.07. The SMILES string of the molecule is C=CC(N(C)C)S(=O)(=O)C(C1CCCNC1)N1CCN(C(=O)O)CC1. The van der Waals surface area contributed by atoms with Crippen molar-refractivity contribution in [2.75, 3.05) is 53.4 Å². The van der Waals surface area contributed by atoms with Gasteiger partial charge in [0.25, 0.3) is 0 Å². The highest BCUT2D eigenvalue weighted by Crippen LogP contribution is 2.28. The van der Waals surface area contributed by atoms with Crippen LogP contribution in [0.1, 0.15) is 12.8 Å². The van der Waals surface area contributed by atoms with E-state index >= 15 is 0 Å². The molecule has 25 heavy (non-hydrogen) atoms. The Bertz CT molecular complexity index is 567. The van der Waals surface area contributed by atoms with Crippen LogP contribution in [-0.2, 0) is 9.84 Å². The summed E-state index contributed by atoms with van der Waals surface area (Å²) in [5.41, 5.74) is 0. The van der Waals surface area contributed by atoms with Crippen molar-refractivity contribution in [2.24, 2.45) is 5.92 Å². The van der Waals surface area contributed by atoms with Crippen LogP contribution in [0.2, 0.25) is 0 Å². The van der Waals surface area contributed by atoms with Crippen molar-refractivity contribution in [3.8, 4) is 0 Å². The van der Waals surface area contributed by atoms with E-state index in [-0.39, 0.29) is 5.92 Å². The molecule has 2 saturated heterocycles. The lowest BCUT2D eigenvalue weighted by molar-refractivity contribution is 0.0841. The molecule has 0 spiro atoms. The largest absolute Gasteiger partial charge is 0.465 e. The van der Waals surface area contributed by atoms with Crippen molar-refractivity contribution < 1.29 is 18.3 Å². The molecule has 0 aromatic heterocycles. The Balaban J connectivity index is 2.27. The Hall–Kier alpha value is -1.16. The quantitative estimate of drug-likeness (QED) is 0.637. The molecule has 0 aromatic carbocycles. The molecule has 2 N–H and O–H groups in total. The number of rotatable bonds is 6. The van der Waals surface area contributed by atoms with Crippen LogP contribution >= 0.6 is 0 Å². The first-order valence-corrected chi connectivity index (χ1v) is 10.3. The molecule has 9 heteroatoms. The van der Waals surface area contributed by atoms with Gasteiger partial charge in [0, 0.05) is 38.6 Å². The van der Waals surface area contributed by atoms with Crippen LogP contribution in [0.5, 0.6) is 0 Å². The number of piperazine rings is 1. The van der Waals surface area contributed by atoms with Gasteiger partial charge >= 0.3 is 6.09 Å². The lowest BCUT2D eigenvalue weighted by Gasteiger charge is -2.43. The van der Waals surface area contributed by atoms with Gasteiger partial charge in [-0.25, -0.2) is 13.2 Å². The van der Waals surface area contributed by atoms with Crippen molar-refractivity contribution in [2.45, 2.75) is 23.6 Å². The van der Waals surface area contributed by atoms with Gasteiger partial charge in [0.05, 0.1) is 0 Å². The van der Waals surface area contributed by atoms with E-state index in [0.29, 0.717) is 32.7 Å². The molecule has 144 valence electrons. The molecule has 3 unspecified atom stereocenters. The first-order chi connectivity index (χ1) is 11.8. The van der Waals surface area contributed by atoms with Gasteiger partial charge in [-0.05, 0) is 33.5 Å². The number of sulfone groups is 1. The topological polar surface area (TPSA) is 93.2 Å². The van der Waals surface area contributed by atoms with Gasteiger partial charge in [-0.15, -0.1) is 6.58 Å². The van der Waals surface area contributed by atoms with Gasteiger partial charge in [0.2, 0.25) is 0 Å². The number of carboxylic acid groups (broad SMARTS) is 1. The summed E-state index contributed by atoms with van der Waals surface area (Å²) in [6.45, 7) is 6.83. The minimum Gasteiger partial charge on any atom is -0.465 e. The zero-order chi connectivity index (χ0) is 18.6. The van der Waals surface area contributed by atoms with E-state index in [9.17, 15) is 13.2 Å². The molecule has 0 bridgehead atoms. The number of piperidine rings is 1. The summed E-state index contributed by atoms with van der Waals surface area (Å²) >= 11 is 0. The number of nitrogens with zero attached hydrogens (tertiary/aromatic N) is 3. The van der Waals surface area contributed by atoms with Crippen LogP contribution < -0.4 is 5.32 Å². The summed E-state index contributed by atoms with van der Waals surface area (Å²) in [6, 6.07) is 0. The van der Waals surface area contributed by atoms with Crippen LogP contribution in [0.4, 0.5) is 4.79 Å². The van der Waals surface area contributed by atoms with Crippen LogP contribution in [0, 0.1) is 5.92 Å². The summed E-state index contributed by atoms with van der Waals surface area (Å²) in [5.74, 6) is -0.00229. The van der Waals surface area contributed by atoms with Gasteiger partial charge in [-0.1, -0.05) is 6.08 Å². The lowest BCUT2D eigenvalue weighted by Crippen LogP contribution is -2.59. The maximum atomic E-state index is 13.4. The average Bonchev–Trinajstić information content (AvgIpc) is 2.56. The maximum Gasteiger partial charge on any atom is 0.407 e. The number of nitrogens with one attached hydrogen (secondary N) is 1. The summed E-state index contributed by atoms with van der Waals surface area (Å²) < 4.78 is 26.8. The Morgan fingerprint density at radius 3 is 2.40 bits per heavy atom. The van der Waals surface area contributed by atoms with Gasteiger partial charge in [-0.3, -0.25) is 9.80 Å². The predicted octanol–water partition coefficient (Wildman–Crippen LogP) is 0.0962. The molecular formula is C16H30N4O4S. The van der Waals surface area contributed by atoms with E-state index in [1.165, 1.54) is 11.0 Å². The molecule has 8 nitrogen and oxygen atoms in total. The smallest absolute Gasteiger partial charge is 0.407 e. The molecule has 2 heterocycles. The van der Waals surface area contributed by atoms with Crippen LogP contribution in [0.25, 0.3) is 0 Å². The van der Waals surface area contributed by atoms with Gasteiger partial charge in [0.1, 0.15) is 10.7 Å². The Labute approximate surface area is 150 Å². The van der Waals surface area contributed by atoms with Crippen molar-refractivity contribution >= 4 is 15.9 Å². The first-order valence-electron chi connectivity index (χ1n) is 8.73. The van der Waals surface area contributed by atoms with Crippen molar-refractivity contribution in [3.05, 3.63) is 12.7 Å². The molecule has 0 aromatic rings. The van der Waals surface area contributed by atoms with Gasteiger partial charge < -0.3 is 15.3 Å². The molecule has 0 radical (unpaired) electrons. The molecule has 2 aliphatic heterocycles. The highest BCUT2D eigenvalue weighted by molar-refractivity contribution is 7.92. The average molecular weight is 375 g/mol. The summed E-state index contributed by atoms with van der Waals surface area (Å²) in [7, 11) is -0.0445. The highest BCUT2D eigenvalue weighted by Gasteiger charge is 2.43. The fraction of sp³-hybridized carbons (Fsp3) is 0.812. The lowest BCUT2D eigenvalue weighted by atomic mass is 9.98. The molecule has 2 fully saturated rings. The molecule has 2 rings (SSSR count). The number of carbonyl (C=O) groups is 1. The Morgan fingerprint density at radius 1 is 1.32 bits per heavy atom. The Kier molecular flexibility index (Phi) is 6.84. The zero-order valence-corrected chi connectivity index (χ0v) is 15.9. The summed E-state index contributed by atoms with van der Waals surface area (Å²) in [5, 5.41) is 11.1. The van der Waals surface area contributed by atoms with Crippen LogP contribution in [-0.4, -0.2) is 98.4 Å². The molecule has 0 aliphatic carbocycles. The maximum absolute atomic E-state index is 13.4. The van der Waals surface area contributed by atoms with Crippen molar-refractivity contribution in [3.63, 3.8) is 0 Å². The normalized spacial score (nSPS) is 25.6. The molecule has 2 aliphatic rings. The van der Waals surface area contributed by atoms with Crippen LogP contribution in [0.15, 0.2) is 12.7 Å². The van der Waals surface area contributed by atoms with Crippen molar-refractivity contribution in [1.82, 2.24) is 20.0 Å². The second kappa shape index (κ2) is 8.48. The third kappa shape index (κ3) is 4.52. The predicted molar refractivity (Wildman–Crippen MR) is 97.1 cm³/mol. The van der Waals surface area contributed by atoms with Gasteiger partial charge in [-0.2, -0.15) is 0 Å². The zero-order valence-electron chi connectivity index (χ0n) is 15.1.